The molecule has 1 fully saturated rings. The molecule has 2 atom stereocenters. The van der Waals surface area contributed by atoms with Gasteiger partial charge in [-0.1, -0.05) is 18.2 Å². The fraction of sp³-hybridized carbons (Fsp3) is 0.364. The van der Waals surface area contributed by atoms with Crippen LogP contribution < -0.4 is 9.64 Å². The number of carbonyl (C=O) groups is 2. The van der Waals surface area contributed by atoms with Crippen LogP contribution in [0.15, 0.2) is 48.5 Å². The van der Waals surface area contributed by atoms with Gasteiger partial charge >= 0.3 is 5.97 Å². The second-order valence-corrected chi connectivity index (χ2v) is 7.00. The zero-order valence-corrected chi connectivity index (χ0v) is 16.1. The third-order valence-electron chi connectivity index (χ3n) is 5.44. The summed E-state index contributed by atoms with van der Waals surface area (Å²) in [6.07, 6.45) is 1.05. The highest BCUT2D eigenvalue weighted by atomic mass is 16.5. The van der Waals surface area contributed by atoms with Crippen LogP contribution in [0.1, 0.15) is 30.1 Å². The summed E-state index contributed by atoms with van der Waals surface area (Å²) in [5.74, 6) is -0.0391. The van der Waals surface area contributed by atoms with Gasteiger partial charge in [0.1, 0.15) is 11.9 Å². The maximum Gasteiger partial charge on any atom is 0.312 e. The minimum absolute atomic E-state index is 0.0520. The van der Waals surface area contributed by atoms with Crippen molar-refractivity contribution in [1.82, 2.24) is 4.90 Å². The molecule has 6 heteroatoms. The first-order valence-corrected chi connectivity index (χ1v) is 9.65. The van der Waals surface area contributed by atoms with Gasteiger partial charge in [0.05, 0.1) is 30.9 Å². The molecule has 146 valence electrons. The number of nitrogens with zero attached hydrogens (tertiary/aromatic N) is 2. The molecule has 0 bridgehead atoms. The first kappa shape index (κ1) is 18.3. The quantitative estimate of drug-likeness (QED) is 0.759. The monoisotopic (exact) mass is 380 g/mol. The Morgan fingerprint density at radius 3 is 2.68 bits per heavy atom. The van der Waals surface area contributed by atoms with Crippen LogP contribution in [0.25, 0.3) is 0 Å². The first-order valence-electron chi connectivity index (χ1n) is 9.65. The van der Waals surface area contributed by atoms with Crippen LogP contribution in [0.5, 0.6) is 5.75 Å². The molecule has 2 aromatic carbocycles. The van der Waals surface area contributed by atoms with E-state index in [4.69, 9.17) is 9.47 Å². The topological polar surface area (TPSA) is 59.1 Å². The van der Waals surface area contributed by atoms with Crippen LogP contribution in [0, 0.1) is 5.92 Å². The number of esters is 1. The van der Waals surface area contributed by atoms with Crippen molar-refractivity contribution in [1.29, 1.82) is 0 Å². The number of amides is 1. The number of hydrogen-bond acceptors (Lipinski definition) is 5. The zero-order valence-electron chi connectivity index (χ0n) is 16.1. The van der Waals surface area contributed by atoms with E-state index in [9.17, 15) is 9.59 Å². The van der Waals surface area contributed by atoms with E-state index < -0.39 is 12.1 Å². The summed E-state index contributed by atoms with van der Waals surface area (Å²) in [6, 6.07) is 15.3. The fourth-order valence-electron chi connectivity index (χ4n) is 4.21. The molecule has 2 aliphatic heterocycles. The molecule has 0 aliphatic carbocycles. The molecule has 0 radical (unpaired) electrons. The number of ether oxygens (including phenoxy) is 2. The SMILES string of the molecule is CCOC(=O)C1CCCN2C(=O)c3ccc(OC)cc3N(c3ccccc3)C12. The number of carbonyl (C=O) groups excluding carboxylic acids is 2. The van der Waals surface area contributed by atoms with Crippen molar-refractivity contribution < 1.29 is 19.1 Å². The highest BCUT2D eigenvalue weighted by Gasteiger charge is 2.47. The van der Waals surface area contributed by atoms with Gasteiger partial charge in [0.15, 0.2) is 0 Å². The van der Waals surface area contributed by atoms with E-state index >= 15 is 0 Å². The van der Waals surface area contributed by atoms with E-state index in [1.165, 1.54) is 0 Å². The number of rotatable bonds is 4. The van der Waals surface area contributed by atoms with Crippen LogP contribution in [-0.2, 0) is 9.53 Å². The van der Waals surface area contributed by atoms with Gasteiger partial charge in [0.25, 0.3) is 5.91 Å². The predicted octanol–water partition coefficient (Wildman–Crippen LogP) is 3.59. The Morgan fingerprint density at radius 2 is 1.96 bits per heavy atom. The van der Waals surface area contributed by atoms with Gasteiger partial charge in [-0.25, -0.2) is 0 Å². The van der Waals surface area contributed by atoms with Crippen molar-refractivity contribution in [2.45, 2.75) is 25.9 Å². The second kappa shape index (κ2) is 7.54. The lowest BCUT2D eigenvalue weighted by Crippen LogP contribution is -2.61. The lowest BCUT2D eigenvalue weighted by molar-refractivity contribution is -0.151. The lowest BCUT2D eigenvalue weighted by Gasteiger charge is -2.50. The molecule has 2 aliphatic rings. The summed E-state index contributed by atoms with van der Waals surface area (Å²) in [6.45, 7) is 2.75. The smallest absolute Gasteiger partial charge is 0.312 e. The van der Waals surface area contributed by atoms with E-state index in [0.29, 0.717) is 30.9 Å². The third kappa shape index (κ3) is 2.99. The first-order chi connectivity index (χ1) is 13.7. The minimum atomic E-state index is -0.415. The summed E-state index contributed by atoms with van der Waals surface area (Å²) in [7, 11) is 1.60. The summed E-state index contributed by atoms with van der Waals surface area (Å²) in [5, 5.41) is 0. The molecule has 6 nitrogen and oxygen atoms in total. The lowest BCUT2D eigenvalue weighted by atomic mass is 9.89. The molecule has 0 N–H and O–H groups in total. The second-order valence-electron chi connectivity index (χ2n) is 7.00. The highest BCUT2D eigenvalue weighted by molar-refractivity contribution is 6.04. The van der Waals surface area contributed by atoms with Gasteiger partial charge in [0.2, 0.25) is 0 Å². The fourth-order valence-corrected chi connectivity index (χ4v) is 4.21. The summed E-state index contributed by atoms with van der Waals surface area (Å²) in [4.78, 5) is 29.9. The average molecular weight is 380 g/mol. The molecule has 2 heterocycles. The number of benzene rings is 2. The van der Waals surface area contributed by atoms with Gasteiger partial charge in [-0.2, -0.15) is 0 Å². The normalized spacial score (nSPS) is 21.0. The minimum Gasteiger partial charge on any atom is -0.497 e. The van der Waals surface area contributed by atoms with Crippen molar-refractivity contribution in [3.8, 4) is 5.75 Å². The molecular weight excluding hydrogens is 356 g/mol. The molecule has 1 amide bonds. The van der Waals surface area contributed by atoms with E-state index in [1.54, 1.807) is 26.2 Å². The summed E-state index contributed by atoms with van der Waals surface area (Å²) < 4.78 is 10.8. The Hall–Kier alpha value is -3.02. The molecule has 4 rings (SSSR count). The number of anilines is 2. The highest BCUT2D eigenvalue weighted by Crippen LogP contribution is 2.43. The van der Waals surface area contributed by atoms with Crippen LogP contribution in [-0.4, -0.2) is 43.2 Å². The summed E-state index contributed by atoms with van der Waals surface area (Å²) >= 11 is 0. The standard InChI is InChI=1S/C22H24N2O4/c1-3-28-22(26)18-10-7-13-23-20(18)24(15-8-5-4-6-9-15)19-14-16(27-2)11-12-17(19)21(23)25/h4-6,8-9,11-12,14,18,20H,3,7,10,13H2,1-2H3. The summed E-state index contributed by atoms with van der Waals surface area (Å²) in [5.41, 5.74) is 2.30. The Bertz CT molecular complexity index is 883. The van der Waals surface area contributed by atoms with E-state index in [-0.39, 0.29) is 11.9 Å². The maximum atomic E-state index is 13.3. The Labute approximate surface area is 164 Å². The van der Waals surface area contributed by atoms with E-state index in [1.807, 2.05) is 41.3 Å². The van der Waals surface area contributed by atoms with Gasteiger partial charge in [-0.05, 0) is 44.0 Å². The molecule has 2 unspecified atom stereocenters. The molecule has 0 aromatic heterocycles. The Kier molecular flexibility index (Phi) is 4.94. The zero-order chi connectivity index (χ0) is 19.7. The molecule has 0 saturated carbocycles. The third-order valence-corrected chi connectivity index (χ3v) is 5.44. The molecule has 1 saturated heterocycles. The van der Waals surface area contributed by atoms with Gasteiger partial charge < -0.3 is 19.3 Å². The molecule has 0 spiro atoms. The van der Waals surface area contributed by atoms with Crippen LogP contribution >= 0.6 is 0 Å². The van der Waals surface area contributed by atoms with E-state index in [0.717, 1.165) is 17.8 Å². The van der Waals surface area contributed by atoms with Crippen molar-refractivity contribution in [2.75, 3.05) is 25.2 Å². The largest absolute Gasteiger partial charge is 0.497 e. The van der Waals surface area contributed by atoms with Crippen LogP contribution in [0.4, 0.5) is 11.4 Å². The molecular formula is C22H24N2O4. The number of hydrogen-bond donors (Lipinski definition) is 0. The van der Waals surface area contributed by atoms with Crippen LogP contribution in [0.3, 0.4) is 0 Å². The van der Waals surface area contributed by atoms with Gasteiger partial charge in [0, 0.05) is 18.3 Å². The van der Waals surface area contributed by atoms with Crippen molar-refractivity contribution in [3.05, 3.63) is 54.1 Å². The average Bonchev–Trinajstić information content (AvgIpc) is 2.74. The Morgan fingerprint density at radius 1 is 1.18 bits per heavy atom. The molecule has 2 aromatic rings. The maximum absolute atomic E-state index is 13.3. The number of fused-ring (bicyclic) bond motifs is 2. The predicted molar refractivity (Wildman–Crippen MR) is 106 cm³/mol. The Balaban J connectivity index is 1.89. The number of methoxy groups -OCH3 is 1. The number of piperidine rings is 1. The van der Waals surface area contributed by atoms with Crippen molar-refractivity contribution in [3.63, 3.8) is 0 Å². The van der Waals surface area contributed by atoms with Crippen molar-refractivity contribution >= 4 is 23.3 Å². The van der Waals surface area contributed by atoms with E-state index in [2.05, 4.69) is 4.90 Å². The van der Waals surface area contributed by atoms with Crippen LogP contribution in [0.2, 0.25) is 0 Å². The van der Waals surface area contributed by atoms with Crippen molar-refractivity contribution in [2.24, 2.45) is 5.92 Å². The van der Waals surface area contributed by atoms with Gasteiger partial charge in [-0.15, -0.1) is 0 Å². The van der Waals surface area contributed by atoms with Gasteiger partial charge in [-0.3, -0.25) is 9.59 Å². The molecule has 28 heavy (non-hydrogen) atoms. The number of para-hydroxylation sites is 1.